The van der Waals surface area contributed by atoms with Crippen LogP contribution in [-0.4, -0.2) is 35.2 Å². The van der Waals surface area contributed by atoms with E-state index >= 15 is 0 Å². The van der Waals surface area contributed by atoms with Crippen molar-refractivity contribution in [1.82, 2.24) is 4.98 Å². The molecule has 1 rings (SSSR count). The Balaban J connectivity index is 2.45. The summed E-state index contributed by atoms with van der Waals surface area (Å²) >= 11 is 1.22. The first-order chi connectivity index (χ1) is 9.01. The predicted molar refractivity (Wildman–Crippen MR) is 73.1 cm³/mol. The smallest absolute Gasteiger partial charge is 0.328 e. The number of methoxy groups -OCH3 is 1. The van der Waals surface area contributed by atoms with Gasteiger partial charge in [0.2, 0.25) is 5.91 Å². The zero-order chi connectivity index (χ0) is 14.3. The highest BCUT2D eigenvalue weighted by molar-refractivity contribution is 7.16. The van der Waals surface area contributed by atoms with Crippen LogP contribution in [0, 0.1) is 0 Å². The van der Waals surface area contributed by atoms with E-state index in [0.717, 1.165) is 6.08 Å². The fourth-order valence-electron chi connectivity index (χ4n) is 1.21. The lowest BCUT2D eigenvalue weighted by Crippen LogP contribution is -2.14. The molecular formula is C12H16N2O4S. The van der Waals surface area contributed by atoms with Crippen molar-refractivity contribution < 1.29 is 19.4 Å². The molecule has 0 spiro atoms. The summed E-state index contributed by atoms with van der Waals surface area (Å²) in [5, 5.41) is 11.6. The van der Waals surface area contributed by atoms with E-state index in [4.69, 9.17) is 9.84 Å². The molecule has 0 saturated heterocycles. The number of thiazole rings is 1. The fourth-order valence-corrected chi connectivity index (χ4v) is 1.94. The topological polar surface area (TPSA) is 88.5 Å². The highest BCUT2D eigenvalue weighted by Gasteiger charge is 2.08. The summed E-state index contributed by atoms with van der Waals surface area (Å²) in [6, 6.07) is 0. The number of aliphatic carboxylic acids is 1. The maximum absolute atomic E-state index is 11.6. The van der Waals surface area contributed by atoms with Crippen molar-refractivity contribution in [3.05, 3.63) is 17.2 Å². The van der Waals surface area contributed by atoms with Crippen molar-refractivity contribution in [2.45, 2.75) is 25.9 Å². The summed E-state index contributed by atoms with van der Waals surface area (Å²) in [5.41, 5.74) is 0. The number of amides is 1. The number of aromatic nitrogens is 1. The number of nitrogens with one attached hydrogen (secondary N) is 1. The third kappa shape index (κ3) is 6.12. The SMILES string of the molecule is COC(C)CCC(=O)Nc1ncc(/C=C/C(=O)O)s1. The van der Waals surface area contributed by atoms with Crippen LogP contribution in [0.15, 0.2) is 12.3 Å². The van der Waals surface area contributed by atoms with Gasteiger partial charge in [-0.1, -0.05) is 11.3 Å². The van der Waals surface area contributed by atoms with Gasteiger partial charge in [-0.15, -0.1) is 0 Å². The molecule has 0 aliphatic carbocycles. The Bertz CT molecular complexity index is 470. The van der Waals surface area contributed by atoms with Gasteiger partial charge in [0, 0.05) is 30.7 Å². The molecule has 104 valence electrons. The first-order valence-electron chi connectivity index (χ1n) is 5.70. The molecule has 2 N–H and O–H groups in total. The van der Waals surface area contributed by atoms with Gasteiger partial charge in [-0.05, 0) is 19.4 Å². The summed E-state index contributed by atoms with van der Waals surface area (Å²) in [5.74, 6) is -1.15. The average Bonchev–Trinajstić information content (AvgIpc) is 2.81. The van der Waals surface area contributed by atoms with Crippen LogP contribution in [0.4, 0.5) is 5.13 Å². The molecule has 1 amide bonds. The van der Waals surface area contributed by atoms with Gasteiger partial charge in [-0.25, -0.2) is 9.78 Å². The monoisotopic (exact) mass is 284 g/mol. The number of nitrogens with zero attached hydrogens (tertiary/aromatic N) is 1. The molecule has 19 heavy (non-hydrogen) atoms. The number of carboxylic acids is 1. The lowest BCUT2D eigenvalue weighted by Gasteiger charge is -2.07. The molecule has 0 aromatic carbocycles. The summed E-state index contributed by atoms with van der Waals surface area (Å²) < 4.78 is 5.05. The summed E-state index contributed by atoms with van der Waals surface area (Å²) in [6.07, 6.45) is 5.00. The maximum atomic E-state index is 11.6. The number of ether oxygens (including phenoxy) is 1. The molecule has 1 unspecified atom stereocenters. The maximum Gasteiger partial charge on any atom is 0.328 e. The average molecular weight is 284 g/mol. The van der Waals surface area contributed by atoms with Crippen LogP contribution >= 0.6 is 11.3 Å². The molecule has 1 atom stereocenters. The number of carboxylic acid groups (broad SMARTS) is 1. The Kier molecular flexibility index (Phi) is 6.17. The Morgan fingerprint density at radius 3 is 3.00 bits per heavy atom. The predicted octanol–water partition coefficient (Wildman–Crippen LogP) is 1.99. The quantitative estimate of drug-likeness (QED) is 0.747. The molecule has 1 heterocycles. The minimum atomic E-state index is -1.02. The lowest BCUT2D eigenvalue weighted by atomic mass is 10.2. The highest BCUT2D eigenvalue weighted by Crippen LogP contribution is 2.19. The second kappa shape index (κ2) is 7.65. The van der Waals surface area contributed by atoms with E-state index in [1.807, 2.05) is 6.92 Å². The van der Waals surface area contributed by atoms with E-state index in [1.54, 1.807) is 7.11 Å². The molecular weight excluding hydrogens is 268 g/mol. The van der Waals surface area contributed by atoms with Crippen LogP contribution in [0.25, 0.3) is 6.08 Å². The number of anilines is 1. The van der Waals surface area contributed by atoms with Gasteiger partial charge >= 0.3 is 5.97 Å². The Morgan fingerprint density at radius 2 is 2.37 bits per heavy atom. The molecule has 0 radical (unpaired) electrons. The summed E-state index contributed by atoms with van der Waals surface area (Å²) in [7, 11) is 1.60. The minimum Gasteiger partial charge on any atom is -0.478 e. The minimum absolute atomic E-state index is 0.0381. The Labute approximate surface area is 115 Å². The number of carbonyl (C=O) groups is 2. The Hall–Kier alpha value is -1.73. The first kappa shape index (κ1) is 15.3. The largest absolute Gasteiger partial charge is 0.478 e. The molecule has 7 heteroatoms. The zero-order valence-electron chi connectivity index (χ0n) is 10.8. The molecule has 1 aromatic rings. The summed E-state index contributed by atoms with van der Waals surface area (Å²) in [6.45, 7) is 1.89. The lowest BCUT2D eigenvalue weighted by molar-refractivity contribution is -0.131. The summed E-state index contributed by atoms with van der Waals surface area (Å²) in [4.78, 5) is 26.6. The van der Waals surface area contributed by atoms with Gasteiger partial charge in [0.25, 0.3) is 0 Å². The standard InChI is InChI=1S/C12H16N2O4S/c1-8(18-2)3-5-10(15)14-12-13-7-9(19-12)4-6-11(16)17/h4,6-8H,3,5H2,1-2H3,(H,16,17)(H,13,14,15)/b6-4+. The van der Waals surface area contributed by atoms with Crippen LogP contribution < -0.4 is 5.32 Å². The van der Waals surface area contributed by atoms with Gasteiger partial charge in [-0.3, -0.25) is 4.79 Å². The van der Waals surface area contributed by atoms with E-state index in [0.29, 0.717) is 22.9 Å². The van der Waals surface area contributed by atoms with E-state index in [-0.39, 0.29) is 12.0 Å². The first-order valence-corrected chi connectivity index (χ1v) is 6.52. The van der Waals surface area contributed by atoms with Crippen LogP contribution in [0.1, 0.15) is 24.6 Å². The van der Waals surface area contributed by atoms with Crippen LogP contribution in [0.5, 0.6) is 0 Å². The number of rotatable bonds is 7. The zero-order valence-corrected chi connectivity index (χ0v) is 11.6. The molecule has 0 bridgehead atoms. The third-order valence-corrected chi connectivity index (χ3v) is 3.22. The van der Waals surface area contributed by atoms with E-state index < -0.39 is 5.97 Å². The van der Waals surface area contributed by atoms with E-state index in [9.17, 15) is 9.59 Å². The normalized spacial score (nSPS) is 12.5. The van der Waals surface area contributed by atoms with E-state index in [2.05, 4.69) is 10.3 Å². The van der Waals surface area contributed by atoms with Gasteiger partial charge in [-0.2, -0.15) is 0 Å². The van der Waals surface area contributed by atoms with Crippen molar-refractivity contribution >= 4 is 34.4 Å². The number of hydrogen-bond acceptors (Lipinski definition) is 5. The van der Waals surface area contributed by atoms with Crippen molar-refractivity contribution in [3.63, 3.8) is 0 Å². The third-order valence-electron chi connectivity index (χ3n) is 2.34. The molecule has 0 saturated carbocycles. The molecule has 0 fully saturated rings. The van der Waals surface area contributed by atoms with Crippen molar-refractivity contribution in [1.29, 1.82) is 0 Å². The van der Waals surface area contributed by atoms with E-state index in [1.165, 1.54) is 23.6 Å². The number of hydrogen-bond donors (Lipinski definition) is 2. The number of carbonyl (C=O) groups excluding carboxylic acids is 1. The highest BCUT2D eigenvalue weighted by atomic mass is 32.1. The van der Waals surface area contributed by atoms with Crippen molar-refractivity contribution in [2.75, 3.05) is 12.4 Å². The molecule has 1 aromatic heterocycles. The van der Waals surface area contributed by atoms with Gasteiger partial charge in [0.05, 0.1) is 6.10 Å². The van der Waals surface area contributed by atoms with Crippen molar-refractivity contribution in [2.24, 2.45) is 0 Å². The van der Waals surface area contributed by atoms with Crippen LogP contribution in [0.2, 0.25) is 0 Å². The molecule has 0 aliphatic heterocycles. The second-order valence-corrected chi connectivity index (χ2v) is 4.93. The molecule has 6 nitrogen and oxygen atoms in total. The fraction of sp³-hybridized carbons (Fsp3) is 0.417. The second-order valence-electron chi connectivity index (χ2n) is 3.87. The van der Waals surface area contributed by atoms with Crippen molar-refractivity contribution in [3.8, 4) is 0 Å². The van der Waals surface area contributed by atoms with Gasteiger partial charge in [0.15, 0.2) is 5.13 Å². The molecule has 0 aliphatic rings. The van der Waals surface area contributed by atoms with Crippen LogP contribution in [-0.2, 0) is 14.3 Å². The Morgan fingerprint density at radius 1 is 1.63 bits per heavy atom. The van der Waals surface area contributed by atoms with Gasteiger partial charge < -0.3 is 15.2 Å². The van der Waals surface area contributed by atoms with Gasteiger partial charge in [0.1, 0.15) is 0 Å². The van der Waals surface area contributed by atoms with Crippen LogP contribution in [0.3, 0.4) is 0 Å².